The normalized spacial score (nSPS) is 14.5. The molecule has 9 nitrogen and oxygen atoms in total. The van der Waals surface area contributed by atoms with Crippen LogP contribution in [-0.2, 0) is 32.7 Å². The molecule has 0 aromatic rings. The fourth-order valence-electron chi connectivity index (χ4n) is 9.18. The van der Waals surface area contributed by atoms with E-state index in [1.165, 1.54) is 25.7 Å². The average molecular weight is 1370 g/mol. The van der Waals surface area contributed by atoms with Gasteiger partial charge in [0.1, 0.15) is 19.8 Å². The number of phosphoric ester groups is 1. The van der Waals surface area contributed by atoms with Gasteiger partial charge in [-0.25, -0.2) is 0 Å². The molecule has 0 spiro atoms. The molecule has 10 heteroatoms. The third-order valence-corrected chi connectivity index (χ3v) is 15.8. The molecule has 0 heterocycles. The second-order valence-electron chi connectivity index (χ2n) is 25.2. The van der Waals surface area contributed by atoms with E-state index in [0.29, 0.717) is 23.9 Å². The molecule has 0 rings (SSSR count). The monoisotopic (exact) mass is 1370 g/mol. The summed E-state index contributed by atoms with van der Waals surface area (Å²) in [6.45, 7) is 3.94. The zero-order valence-corrected chi connectivity index (χ0v) is 63.0. The molecule has 0 amide bonds. The third-order valence-electron chi connectivity index (χ3n) is 14.9. The molecule has 0 saturated heterocycles. The number of carbonyl (C=O) groups excluding carboxylic acids is 2. The Bertz CT molecular complexity index is 2560. The van der Waals surface area contributed by atoms with Crippen molar-refractivity contribution in [1.82, 2.24) is 0 Å². The topological polar surface area (TPSA) is 111 Å². The van der Waals surface area contributed by atoms with E-state index in [1.54, 1.807) is 0 Å². The molecular formula is C88H136NO8P. The van der Waals surface area contributed by atoms with E-state index in [0.717, 1.165) is 180 Å². The molecule has 0 aromatic carbocycles. The van der Waals surface area contributed by atoms with Gasteiger partial charge in [0.2, 0.25) is 0 Å². The molecule has 546 valence electrons. The van der Waals surface area contributed by atoms with Crippen LogP contribution in [0.5, 0.6) is 0 Å². The first kappa shape index (κ1) is 91.8. The summed E-state index contributed by atoms with van der Waals surface area (Å²) in [4.78, 5) is 38.1. The maximum absolute atomic E-state index is 12.9. The predicted octanol–water partition coefficient (Wildman–Crippen LogP) is 24.9. The quantitative estimate of drug-likeness (QED) is 0.0195. The van der Waals surface area contributed by atoms with Gasteiger partial charge in [0.15, 0.2) is 6.10 Å². The molecule has 0 saturated carbocycles. The van der Waals surface area contributed by atoms with Crippen molar-refractivity contribution in [2.75, 3.05) is 47.5 Å². The number of carbonyl (C=O) groups is 2. The SMILES string of the molecule is CC/C=C\C/C=C\C/C=C\C/C=C\C/C=C\C/C=C\C/C=C\C/C=C\C/C=C\C/C=C\C/C=C\C/C=C\CCCCCCC(=O)OC(COC(=O)CCCCCCCCCC/C=C\C/C=C\C/C=C\C/C=C\C/C=C\C/C=C\C/C=C\C/C=C\CC)COP(=O)([O-])OCC[N+](C)(C)C. The zero-order chi connectivity index (χ0) is 71.1. The molecule has 98 heavy (non-hydrogen) atoms. The largest absolute Gasteiger partial charge is 0.756 e. The van der Waals surface area contributed by atoms with E-state index in [4.69, 9.17) is 18.5 Å². The number of hydrogen-bond donors (Lipinski definition) is 0. The molecule has 0 aliphatic carbocycles. The smallest absolute Gasteiger partial charge is 0.306 e. The number of allylic oxidation sites excluding steroid dienone is 40. The minimum absolute atomic E-state index is 0.0514. The Labute approximate surface area is 600 Å². The lowest BCUT2D eigenvalue weighted by molar-refractivity contribution is -0.870. The van der Waals surface area contributed by atoms with Gasteiger partial charge in [-0.2, -0.15) is 0 Å². The molecule has 0 fully saturated rings. The van der Waals surface area contributed by atoms with Crippen LogP contribution in [0, 0.1) is 0 Å². The van der Waals surface area contributed by atoms with Gasteiger partial charge >= 0.3 is 11.9 Å². The van der Waals surface area contributed by atoms with Crippen LogP contribution in [0.4, 0.5) is 0 Å². The van der Waals surface area contributed by atoms with Crippen LogP contribution in [0.15, 0.2) is 243 Å². The molecule has 0 bridgehead atoms. The number of hydrogen-bond acceptors (Lipinski definition) is 8. The van der Waals surface area contributed by atoms with Gasteiger partial charge in [-0.05, 0) is 167 Å². The van der Waals surface area contributed by atoms with Crippen molar-refractivity contribution in [3.63, 3.8) is 0 Å². The Hall–Kier alpha value is -6.19. The summed E-state index contributed by atoms with van der Waals surface area (Å²) in [7, 11) is 1.11. The molecule has 0 aliphatic rings. The van der Waals surface area contributed by atoms with Crippen LogP contribution >= 0.6 is 7.82 Å². The van der Waals surface area contributed by atoms with E-state index < -0.39 is 32.5 Å². The van der Waals surface area contributed by atoms with E-state index in [-0.39, 0.29) is 26.1 Å². The highest BCUT2D eigenvalue weighted by Gasteiger charge is 2.22. The van der Waals surface area contributed by atoms with Gasteiger partial charge in [0.05, 0.1) is 27.7 Å². The highest BCUT2D eigenvalue weighted by Crippen LogP contribution is 2.38. The molecule has 0 radical (unpaired) electrons. The van der Waals surface area contributed by atoms with Crippen LogP contribution < -0.4 is 4.89 Å². The first-order valence-corrected chi connectivity index (χ1v) is 39.2. The maximum atomic E-state index is 12.9. The van der Waals surface area contributed by atoms with Gasteiger partial charge in [-0.1, -0.05) is 308 Å². The zero-order valence-electron chi connectivity index (χ0n) is 62.1. The van der Waals surface area contributed by atoms with Gasteiger partial charge < -0.3 is 27.9 Å². The van der Waals surface area contributed by atoms with E-state index in [1.807, 2.05) is 21.1 Å². The first-order valence-electron chi connectivity index (χ1n) is 37.7. The fourth-order valence-corrected chi connectivity index (χ4v) is 9.91. The minimum atomic E-state index is -4.67. The summed E-state index contributed by atoms with van der Waals surface area (Å²) >= 11 is 0. The summed E-state index contributed by atoms with van der Waals surface area (Å²) in [6.07, 6.45) is 122. The molecule has 2 unspecified atom stereocenters. The second-order valence-corrected chi connectivity index (χ2v) is 26.6. The lowest BCUT2D eigenvalue weighted by Crippen LogP contribution is -2.37. The number of rotatable bonds is 66. The van der Waals surface area contributed by atoms with E-state index in [2.05, 4.69) is 257 Å². The van der Waals surface area contributed by atoms with Crippen LogP contribution in [0.25, 0.3) is 0 Å². The highest BCUT2D eigenvalue weighted by molar-refractivity contribution is 7.45. The van der Waals surface area contributed by atoms with Crippen LogP contribution in [0.2, 0.25) is 0 Å². The molecule has 0 aromatic heterocycles. The lowest BCUT2D eigenvalue weighted by Gasteiger charge is -2.28. The van der Waals surface area contributed by atoms with Crippen molar-refractivity contribution in [2.24, 2.45) is 0 Å². The Morgan fingerprint density at radius 1 is 0.316 bits per heavy atom. The lowest BCUT2D eigenvalue weighted by atomic mass is 10.1. The fraction of sp³-hybridized carbons (Fsp3) is 0.523. The number of phosphoric acid groups is 1. The molecule has 2 atom stereocenters. The third kappa shape index (κ3) is 78.8. The summed E-state index contributed by atoms with van der Waals surface area (Å²) in [5.74, 6) is -0.891. The highest BCUT2D eigenvalue weighted by atomic mass is 31.2. The van der Waals surface area contributed by atoms with Crippen LogP contribution in [-0.4, -0.2) is 70.0 Å². The van der Waals surface area contributed by atoms with Crippen molar-refractivity contribution in [2.45, 2.75) is 251 Å². The summed E-state index contributed by atoms with van der Waals surface area (Å²) in [5, 5.41) is 0. The Balaban J connectivity index is 4.21. The average Bonchev–Trinajstić information content (AvgIpc) is 1.08. The van der Waals surface area contributed by atoms with Crippen molar-refractivity contribution < 1.29 is 42.1 Å². The number of nitrogens with zero attached hydrogens (tertiary/aromatic N) is 1. The summed E-state index contributed by atoms with van der Waals surface area (Å²) < 4.78 is 34.3. The Kier molecular flexibility index (Phi) is 70.3. The standard InChI is InChI=1S/C88H136NO8P/c1-6-8-10-12-14-16-18-20-22-24-26-28-30-32-34-36-38-40-41-42-43-44-45-46-47-49-51-53-55-57-59-61-63-65-67-69-71-73-75-77-79-81-88(91)97-86(85-96-98(92,93)95-83-82-89(3,4)5)84-94-87(90)80-78-76-74-72-70-68-66-64-62-60-58-56-54-52-50-48-39-37-35-33-31-29-27-25-23-21-19-17-15-13-11-9-7-2/h8-11,14-17,20-23,26-29,32-35,38-40,42-43,45-46,48-49,51-52,54-55,57-58,60-61,63,67,69,86H,6-7,12-13,18-19,24-25,30-31,36-37,41,44,47,50,53,56,59,62,64-66,68,70-85H2,1-5H3/b10-8-,11-9-,16-14-,17-15-,22-20-,23-21-,28-26-,29-27-,34-32-,35-33-,40-38-,43-42-,46-45-,48-39-,51-49-,54-52-,57-55-,60-58-,63-61-,69-67-. The van der Waals surface area contributed by atoms with Gasteiger partial charge in [0.25, 0.3) is 7.82 Å². The van der Waals surface area contributed by atoms with Crippen molar-refractivity contribution >= 4 is 19.8 Å². The second kappa shape index (κ2) is 75.0. The Morgan fingerprint density at radius 2 is 0.551 bits per heavy atom. The first-order chi connectivity index (χ1) is 48.0. The minimum Gasteiger partial charge on any atom is -0.756 e. The van der Waals surface area contributed by atoms with Crippen molar-refractivity contribution in [3.05, 3.63) is 243 Å². The maximum Gasteiger partial charge on any atom is 0.306 e. The summed E-state index contributed by atoms with van der Waals surface area (Å²) in [5.41, 5.74) is 0. The predicted molar refractivity (Wildman–Crippen MR) is 424 cm³/mol. The number of ether oxygens (including phenoxy) is 2. The molecule has 0 aliphatic heterocycles. The van der Waals surface area contributed by atoms with Crippen LogP contribution in [0.1, 0.15) is 245 Å². The van der Waals surface area contributed by atoms with E-state index in [9.17, 15) is 19.0 Å². The van der Waals surface area contributed by atoms with Gasteiger partial charge in [-0.3, -0.25) is 14.2 Å². The van der Waals surface area contributed by atoms with Gasteiger partial charge in [0, 0.05) is 12.8 Å². The van der Waals surface area contributed by atoms with Gasteiger partial charge in [-0.15, -0.1) is 0 Å². The van der Waals surface area contributed by atoms with Crippen molar-refractivity contribution in [1.29, 1.82) is 0 Å². The number of unbranched alkanes of at least 4 members (excludes halogenated alkanes) is 12. The molecule has 0 N–H and O–H groups in total. The van der Waals surface area contributed by atoms with Crippen molar-refractivity contribution in [3.8, 4) is 0 Å². The summed E-state index contributed by atoms with van der Waals surface area (Å²) in [6, 6.07) is 0. The van der Waals surface area contributed by atoms with E-state index >= 15 is 0 Å². The van der Waals surface area contributed by atoms with Crippen LogP contribution in [0.3, 0.4) is 0 Å². The Morgan fingerprint density at radius 3 is 0.816 bits per heavy atom. The molecular weight excluding hydrogens is 1230 g/mol. The number of quaternary nitrogens is 1. The number of esters is 2. The number of likely N-dealkylation sites (N-methyl/N-ethyl adjacent to an activating group) is 1.